The van der Waals surface area contributed by atoms with Crippen LogP contribution in [0, 0.1) is 5.92 Å². The number of aliphatic hydroxyl groups is 1. The highest BCUT2D eigenvalue weighted by molar-refractivity contribution is 5.88. The molecule has 2 aliphatic heterocycles. The maximum absolute atomic E-state index is 13.3. The first kappa shape index (κ1) is 26.5. The fraction of sp³-hybridized carbons (Fsp3) is 0.733. The molecule has 4 atom stereocenters. The van der Waals surface area contributed by atoms with Gasteiger partial charge in [-0.1, -0.05) is 52.0 Å². The number of unbranched alkanes of at least 4 members (excludes halogenated alkanes) is 5. The summed E-state index contributed by atoms with van der Waals surface area (Å²) in [7, 11) is 0. The van der Waals surface area contributed by atoms with E-state index in [4.69, 9.17) is 14.2 Å². The maximum atomic E-state index is 13.3. The molecule has 1 saturated carbocycles. The number of fused-ring (bicyclic) bond motifs is 1. The fourth-order valence-electron chi connectivity index (χ4n) is 7.04. The maximum Gasteiger partial charge on any atom is 0.513 e. The van der Waals surface area contributed by atoms with Crippen LogP contribution in [0.2, 0.25) is 0 Å². The van der Waals surface area contributed by atoms with Gasteiger partial charge in [0.1, 0.15) is 0 Å². The molecule has 37 heavy (non-hydrogen) atoms. The number of carbonyl (C=O) groups is 2. The lowest BCUT2D eigenvalue weighted by Crippen LogP contribution is -2.73. The van der Waals surface area contributed by atoms with E-state index in [0.29, 0.717) is 37.5 Å². The Labute approximate surface area is 220 Å². The zero-order chi connectivity index (χ0) is 26.2. The van der Waals surface area contributed by atoms with E-state index in [1.807, 2.05) is 19.9 Å². The first-order valence-corrected chi connectivity index (χ1v) is 14.5. The highest BCUT2D eigenvalue weighted by Gasteiger charge is 2.69. The van der Waals surface area contributed by atoms with E-state index >= 15 is 0 Å². The second kappa shape index (κ2) is 10.6. The molecule has 1 N–H and O–H groups in total. The van der Waals surface area contributed by atoms with E-state index < -0.39 is 23.3 Å². The highest BCUT2D eigenvalue weighted by atomic mass is 16.7. The van der Waals surface area contributed by atoms with Gasteiger partial charge in [-0.25, -0.2) is 4.79 Å². The second-order valence-corrected chi connectivity index (χ2v) is 11.7. The fourth-order valence-corrected chi connectivity index (χ4v) is 7.04. The van der Waals surface area contributed by atoms with Crippen LogP contribution in [0.1, 0.15) is 96.1 Å². The molecule has 0 aromatic heterocycles. The smallest absolute Gasteiger partial charge is 0.477 e. The van der Waals surface area contributed by atoms with Crippen LogP contribution in [-0.2, 0) is 21.4 Å². The van der Waals surface area contributed by atoms with E-state index in [2.05, 4.69) is 11.8 Å². The van der Waals surface area contributed by atoms with Crippen LogP contribution in [-0.4, -0.2) is 59.4 Å². The molecule has 0 radical (unpaired) electrons. The largest absolute Gasteiger partial charge is 0.513 e. The minimum absolute atomic E-state index is 0.0321. The van der Waals surface area contributed by atoms with Crippen LogP contribution in [0.25, 0.3) is 0 Å². The molecule has 2 bridgehead atoms. The summed E-state index contributed by atoms with van der Waals surface area (Å²) in [6, 6.07) is 3.66. The summed E-state index contributed by atoms with van der Waals surface area (Å²) in [6.45, 7) is 8.04. The number of ether oxygens (including phenoxy) is 3. The van der Waals surface area contributed by atoms with Crippen molar-refractivity contribution in [3.05, 3.63) is 23.3 Å². The van der Waals surface area contributed by atoms with Gasteiger partial charge in [-0.05, 0) is 63.1 Å². The lowest BCUT2D eigenvalue weighted by molar-refractivity contribution is -0.164. The van der Waals surface area contributed by atoms with Crippen molar-refractivity contribution in [2.24, 2.45) is 5.92 Å². The number of hydrogen-bond donors (Lipinski definition) is 1. The molecule has 5 rings (SSSR count). The molecule has 0 amide bonds. The predicted molar refractivity (Wildman–Crippen MR) is 140 cm³/mol. The van der Waals surface area contributed by atoms with Gasteiger partial charge in [0.25, 0.3) is 0 Å². The Kier molecular flexibility index (Phi) is 7.56. The van der Waals surface area contributed by atoms with Gasteiger partial charge in [0.2, 0.25) is 0 Å². The number of carbonyl (C=O) groups excluding carboxylic acids is 2. The standard InChI is InChI=1S/C30H43NO6/c1-4-6-7-8-9-10-17-35-28(33)36-23-14-13-21-18-24-29(3,34)30(15-16-31(24)19-20-11-12-20)25(21)26(23)37-27(30)22(32)5-2/h13-14,20,24,27,34H,4-12,15-19H2,1-3H3/t24?,27-,29+,30-/m0/s1. The first-order chi connectivity index (χ1) is 17.8. The lowest BCUT2D eigenvalue weighted by atomic mass is 9.53. The Balaban J connectivity index is 1.37. The summed E-state index contributed by atoms with van der Waals surface area (Å²) in [6.07, 6.45) is 9.22. The van der Waals surface area contributed by atoms with Crippen LogP contribution in [0.15, 0.2) is 12.1 Å². The van der Waals surface area contributed by atoms with Crippen molar-refractivity contribution in [3.8, 4) is 11.5 Å². The molecule has 1 unspecified atom stereocenters. The molecule has 1 aromatic carbocycles. The van der Waals surface area contributed by atoms with E-state index in [0.717, 1.165) is 43.5 Å². The van der Waals surface area contributed by atoms with Gasteiger partial charge >= 0.3 is 6.16 Å². The van der Waals surface area contributed by atoms with Crippen molar-refractivity contribution < 1.29 is 28.9 Å². The quantitative estimate of drug-likeness (QED) is 0.230. The topological polar surface area (TPSA) is 85.3 Å². The van der Waals surface area contributed by atoms with E-state index in [9.17, 15) is 14.7 Å². The number of piperidine rings is 1. The average molecular weight is 514 g/mol. The zero-order valence-corrected chi connectivity index (χ0v) is 22.7. The Bertz CT molecular complexity index is 1020. The molecule has 2 fully saturated rings. The van der Waals surface area contributed by atoms with Gasteiger partial charge in [-0.3, -0.25) is 9.69 Å². The Morgan fingerprint density at radius 2 is 1.89 bits per heavy atom. The van der Waals surface area contributed by atoms with Crippen molar-refractivity contribution in [3.63, 3.8) is 0 Å². The van der Waals surface area contributed by atoms with Crippen LogP contribution in [0.5, 0.6) is 11.5 Å². The van der Waals surface area contributed by atoms with E-state index in [1.165, 1.54) is 32.1 Å². The molecule has 2 aliphatic carbocycles. The van der Waals surface area contributed by atoms with E-state index in [1.54, 1.807) is 6.07 Å². The Morgan fingerprint density at radius 1 is 1.14 bits per heavy atom. The number of likely N-dealkylation sites (tertiary alicyclic amines) is 1. The molecular formula is C30H43NO6. The van der Waals surface area contributed by atoms with Crippen molar-refractivity contribution >= 4 is 11.9 Å². The molecule has 2 heterocycles. The number of nitrogens with zero attached hydrogens (tertiary/aromatic N) is 1. The van der Waals surface area contributed by atoms with Gasteiger partial charge in [0, 0.05) is 24.6 Å². The second-order valence-electron chi connectivity index (χ2n) is 11.7. The van der Waals surface area contributed by atoms with Gasteiger partial charge < -0.3 is 19.3 Å². The molecule has 7 heteroatoms. The third kappa shape index (κ3) is 4.67. The highest BCUT2D eigenvalue weighted by Crippen LogP contribution is 2.62. The van der Waals surface area contributed by atoms with Gasteiger partial charge in [-0.2, -0.15) is 0 Å². The number of benzene rings is 1. The molecule has 1 spiro atoms. The molecule has 7 nitrogen and oxygen atoms in total. The van der Waals surface area contributed by atoms with Crippen LogP contribution in [0.3, 0.4) is 0 Å². The number of ketones is 1. The summed E-state index contributed by atoms with van der Waals surface area (Å²) >= 11 is 0. The first-order valence-electron chi connectivity index (χ1n) is 14.5. The monoisotopic (exact) mass is 513 g/mol. The van der Waals surface area contributed by atoms with Crippen LogP contribution < -0.4 is 9.47 Å². The van der Waals surface area contributed by atoms with Crippen molar-refractivity contribution in [1.82, 2.24) is 4.90 Å². The molecule has 4 aliphatic rings. The van der Waals surface area contributed by atoms with Gasteiger partial charge in [0.05, 0.1) is 17.6 Å². The summed E-state index contributed by atoms with van der Waals surface area (Å²) in [4.78, 5) is 28.2. The number of rotatable bonds is 12. The van der Waals surface area contributed by atoms with Crippen molar-refractivity contribution in [1.29, 1.82) is 0 Å². The summed E-state index contributed by atoms with van der Waals surface area (Å²) < 4.78 is 17.4. The molecular weight excluding hydrogens is 470 g/mol. The van der Waals surface area contributed by atoms with Crippen LogP contribution in [0.4, 0.5) is 4.79 Å². The van der Waals surface area contributed by atoms with Gasteiger partial charge in [0.15, 0.2) is 23.4 Å². The minimum atomic E-state index is -1.15. The third-order valence-electron chi connectivity index (χ3n) is 9.28. The van der Waals surface area contributed by atoms with Crippen molar-refractivity contribution in [2.75, 3.05) is 19.7 Å². The summed E-state index contributed by atoms with van der Waals surface area (Å²) in [5.41, 5.74) is -0.0700. The Hall–Kier alpha value is -2.12. The number of Topliss-reactive ketones (excluding diaryl/α,β-unsaturated/α-hetero) is 1. The zero-order valence-electron chi connectivity index (χ0n) is 22.7. The SMILES string of the molecule is CCCCCCCCOC(=O)Oc1ccc2c3c1O[C@@H](C(=O)CC)[C@]31CCN(CC3CC3)C(C2)[C@@]1(C)O. The Morgan fingerprint density at radius 3 is 2.62 bits per heavy atom. The van der Waals surface area contributed by atoms with Crippen molar-refractivity contribution in [2.45, 2.75) is 115 Å². The third-order valence-corrected chi connectivity index (χ3v) is 9.28. The minimum Gasteiger partial charge on any atom is -0.477 e. The summed E-state index contributed by atoms with van der Waals surface area (Å²) in [5.74, 6) is 1.38. The number of hydrogen-bond acceptors (Lipinski definition) is 7. The average Bonchev–Trinajstić information content (AvgIpc) is 3.61. The molecule has 1 saturated heterocycles. The molecule has 204 valence electrons. The lowest BCUT2D eigenvalue weighted by Gasteiger charge is -2.59. The predicted octanol–water partition coefficient (Wildman–Crippen LogP) is 5.33. The van der Waals surface area contributed by atoms with Gasteiger partial charge in [-0.15, -0.1) is 0 Å². The molecule has 1 aromatic rings. The van der Waals surface area contributed by atoms with Crippen LogP contribution >= 0.6 is 0 Å². The van der Waals surface area contributed by atoms with E-state index in [-0.39, 0.29) is 17.6 Å². The normalized spacial score (nSPS) is 29.9. The summed E-state index contributed by atoms with van der Waals surface area (Å²) in [5, 5.41) is 12.2.